The van der Waals surface area contributed by atoms with Crippen LogP contribution >= 0.6 is 0 Å². The van der Waals surface area contributed by atoms with Crippen molar-refractivity contribution < 1.29 is 4.52 Å². The molecular formula is C7H7N5O. The molecule has 0 amide bonds. The van der Waals surface area contributed by atoms with Gasteiger partial charge in [0.2, 0.25) is 0 Å². The Hall–Kier alpha value is -2.11. The van der Waals surface area contributed by atoms with E-state index in [1.165, 1.54) is 0 Å². The van der Waals surface area contributed by atoms with Crippen molar-refractivity contribution in [1.82, 2.24) is 15.1 Å². The summed E-state index contributed by atoms with van der Waals surface area (Å²) in [7, 11) is 0. The lowest BCUT2D eigenvalue weighted by Gasteiger charge is -1.96. The molecule has 0 spiro atoms. The van der Waals surface area contributed by atoms with E-state index in [4.69, 9.17) is 16.0 Å². The maximum Gasteiger partial charge on any atom is 0.280 e. The Labute approximate surface area is 73.6 Å². The maximum atomic E-state index is 5.63. The first-order valence-electron chi connectivity index (χ1n) is 3.57. The molecule has 6 heteroatoms. The Balaban J connectivity index is 2.52. The Morgan fingerprint density at radius 3 is 2.77 bits per heavy atom. The Kier molecular flexibility index (Phi) is 1.59. The van der Waals surface area contributed by atoms with E-state index >= 15 is 0 Å². The predicted octanol–water partition coefficient (Wildman–Crippen LogP) is 0.296. The molecule has 0 fully saturated rings. The van der Waals surface area contributed by atoms with Crippen LogP contribution in [0.4, 0.5) is 11.6 Å². The van der Waals surface area contributed by atoms with E-state index in [0.717, 1.165) is 0 Å². The van der Waals surface area contributed by atoms with E-state index in [1.807, 2.05) is 0 Å². The van der Waals surface area contributed by atoms with Gasteiger partial charge in [-0.05, 0) is 17.3 Å². The van der Waals surface area contributed by atoms with Gasteiger partial charge in [0.1, 0.15) is 0 Å². The van der Waals surface area contributed by atoms with E-state index in [9.17, 15) is 0 Å². The Morgan fingerprint density at radius 2 is 2.15 bits per heavy atom. The van der Waals surface area contributed by atoms with Crippen LogP contribution in [0.25, 0.3) is 11.6 Å². The number of anilines is 2. The predicted molar refractivity (Wildman–Crippen MR) is 46.4 cm³/mol. The van der Waals surface area contributed by atoms with Gasteiger partial charge in [-0.25, -0.2) is 4.98 Å². The average Bonchev–Trinajstić information content (AvgIpc) is 2.53. The third-order valence-electron chi connectivity index (χ3n) is 1.48. The van der Waals surface area contributed by atoms with Crippen LogP contribution < -0.4 is 11.5 Å². The van der Waals surface area contributed by atoms with Gasteiger partial charge < -0.3 is 16.0 Å². The fraction of sp³-hybridized carbons (Fsp3) is 0. The Morgan fingerprint density at radius 1 is 1.31 bits per heavy atom. The monoisotopic (exact) mass is 177 g/mol. The fourth-order valence-electron chi connectivity index (χ4n) is 0.927. The molecule has 0 radical (unpaired) electrons. The molecule has 0 saturated heterocycles. The van der Waals surface area contributed by atoms with E-state index in [1.54, 1.807) is 18.3 Å². The number of rotatable bonds is 1. The molecule has 2 aromatic rings. The third-order valence-corrected chi connectivity index (χ3v) is 1.48. The molecule has 4 N–H and O–H groups in total. The van der Waals surface area contributed by atoms with Crippen molar-refractivity contribution >= 4 is 11.6 Å². The van der Waals surface area contributed by atoms with Gasteiger partial charge >= 0.3 is 0 Å². The summed E-state index contributed by atoms with van der Waals surface area (Å²) in [5.74, 6) is 0.302. The molecule has 6 nitrogen and oxygen atoms in total. The van der Waals surface area contributed by atoms with Crippen molar-refractivity contribution in [3.63, 3.8) is 0 Å². The number of nitrogen functional groups attached to an aromatic ring is 2. The summed E-state index contributed by atoms with van der Waals surface area (Å²) in [5.41, 5.74) is 11.8. The molecule has 0 atom stereocenters. The number of pyridine rings is 1. The van der Waals surface area contributed by atoms with Crippen LogP contribution in [0.1, 0.15) is 0 Å². The fourth-order valence-corrected chi connectivity index (χ4v) is 0.927. The van der Waals surface area contributed by atoms with Gasteiger partial charge in [-0.1, -0.05) is 0 Å². The van der Waals surface area contributed by atoms with Crippen molar-refractivity contribution in [2.24, 2.45) is 0 Å². The van der Waals surface area contributed by atoms with E-state index in [0.29, 0.717) is 11.4 Å². The molecular weight excluding hydrogens is 170 g/mol. The molecule has 0 aromatic carbocycles. The van der Waals surface area contributed by atoms with Crippen LogP contribution in [-0.2, 0) is 0 Å². The van der Waals surface area contributed by atoms with Gasteiger partial charge in [-0.3, -0.25) is 0 Å². The van der Waals surface area contributed by atoms with Crippen LogP contribution in [0, 0.1) is 0 Å². The first kappa shape index (κ1) is 7.53. The molecule has 13 heavy (non-hydrogen) atoms. The zero-order valence-electron chi connectivity index (χ0n) is 6.64. The minimum Gasteiger partial charge on any atom is -0.397 e. The van der Waals surface area contributed by atoms with E-state index in [-0.39, 0.29) is 11.8 Å². The summed E-state index contributed by atoms with van der Waals surface area (Å²) in [6.45, 7) is 0. The molecule has 0 bridgehead atoms. The second kappa shape index (κ2) is 2.74. The lowest BCUT2D eigenvalue weighted by molar-refractivity contribution is 0.432. The molecule has 2 rings (SSSR count). The molecule has 0 aliphatic carbocycles. The second-order valence-electron chi connectivity index (χ2n) is 2.40. The minimum atomic E-state index is 0.0695. The van der Waals surface area contributed by atoms with Crippen molar-refractivity contribution in [2.75, 3.05) is 11.5 Å². The Bertz CT molecular complexity index is 424. The van der Waals surface area contributed by atoms with Gasteiger partial charge in [-0.15, -0.1) is 0 Å². The normalized spacial score (nSPS) is 10.2. The van der Waals surface area contributed by atoms with Crippen molar-refractivity contribution in [3.05, 3.63) is 18.3 Å². The molecule has 2 aromatic heterocycles. The van der Waals surface area contributed by atoms with E-state index in [2.05, 4.69) is 15.1 Å². The first-order chi connectivity index (χ1) is 6.27. The molecule has 0 aliphatic rings. The number of nitrogens with two attached hydrogens (primary N) is 2. The van der Waals surface area contributed by atoms with Gasteiger partial charge in [0.15, 0.2) is 5.69 Å². The van der Waals surface area contributed by atoms with Crippen LogP contribution in [0.3, 0.4) is 0 Å². The van der Waals surface area contributed by atoms with E-state index < -0.39 is 0 Å². The molecule has 0 aliphatic heterocycles. The zero-order valence-corrected chi connectivity index (χ0v) is 6.64. The average molecular weight is 177 g/mol. The summed E-state index contributed by atoms with van der Waals surface area (Å²) < 4.78 is 4.80. The van der Waals surface area contributed by atoms with Crippen LogP contribution in [0.2, 0.25) is 0 Å². The highest BCUT2D eigenvalue weighted by Gasteiger charge is 2.10. The zero-order chi connectivity index (χ0) is 9.26. The molecule has 66 valence electrons. The van der Waals surface area contributed by atoms with Crippen LogP contribution in [0.5, 0.6) is 0 Å². The van der Waals surface area contributed by atoms with Crippen molar-refractivity contribution in [3.8, 4) is 11.6 Å². The number of hydrogen-bond donors (Lipinski definition) is 2. The molecule has 0 saturated carbocycles. The topological polar surface area (TPSA) is 104 Å². The summed E-state index contributed by atoms with van der Waals surface area (Å²) in [6.07, 6.45) is 1.59. The lowest BCUT2D eigenvalue weighted by Crippen LogP contribution is -1.93. The van der Waals surface area contributed by atoms with Gasteiger partial charge in [-0.2, -0.15) is 4.98 Å². The summed E-state index contributed by atoms with van der Waals surface area (Å²) >= 11 is 0. The highest BCUT2D eigenvalue weighted by Crippen LogP contribution is 2.20. The van der Waals surface area contributed by atoms with Gasteiger partial charge in [0.25, 0.3) is 11.8 Å². The van der Waals surface area contributed by atoms with Gasteiger partial charge in [0, 0.05) is 6.20 Å². The van der Waals surface area contributed by atoms with Crippen LogP contribution in [0.15, 0.2) is 22.9 Å². The molecule has 2 heterocycles. The highest BCUT2D eigenvalue weighted by atomic mass is 16.5. The second-order valence-corrected chi connectivity index (χ2v) is 2.40. The highest BCUT2D eigenvalue weighted by molar-refractivity contribution is 5.65. The SMILES string of the molecule is Nc1noc(-c2ncccc2N)n1. The summed E-state index contributed by atoms with van der Waals surface area (Å²) in [4.78, 5) is 7.78. The number of hydrogen-bond acceptors (Lipinski definition) is 6. The van der Waals surface area contributed by atoms with Crippen molar-refractivity contribution in [2.45, 2.75) is 0 Å². The minimum absolute atomic E-state index is 0.0695. The number of aromatic nitrogens is 3. The smallest absolute Gasteiger partial charge is 0.280 e. The van der Waals surface area contributed by atoms with Crippen molar-refractivity contribution in [1.29, 1.82) is 0 Å². The standard InChI is InChI=1S/C7H7N5O/c8-4-2-1-3-10-5(4)6-11-7(9)12-13-6/h1-3H,8H2,(H2,9,12). The van der Waals surface area contributed by atoms with Crippen LogP contribution in [-0.4, -0.2) is 15.1 Å². The third kappa shape index (κ3) is 1.28. The largest absolute Gasteiger partial charge is 0.397 e. The lowest BCUT2D eigenvalue weighted by atomic mass is 10.3. The summed E-state index contributed by atoms with van der Waals surface area (Å²) in [6, 6.07) is 3.42. The summed E-state index contributed by atoms with van der Waals surface area (Å²) in [5, 5.41) is 3.43. The number of nitrogens with zero attached hydrogens (tertiary/aromatic N) is 3. The van der Waals surface area contributed by atoms with Gasteiger partial charge in [0.05, 0.1) is 5.69 Å². The maximum absolute atomic E-state index is 5.63. The first-order valence-corrected chi connectivity index (χ1v) is 3.57. The molecule has 0 unspecified atom stereocenters. The quantitative estimate of drug-likeness (QED) is 0.649.